The molecule has 0 bridgehead atoms. The van der Waals surface area contributed by atoms with Crippen molar-refractivity contribution in [1.29, 1.82) is 0 Å². The zero-order valence-corrected chi connectivity index (χ0v) is 11.2. The molecule has 0 spiro atoms. The molecule has 0 heterocycles. The van der Waals surface area contributed by atoms with Crippen LogP contribution >= 0.6 is 0 Å². The average molecular weight is 237 g/mol. The van der Waals surface area contributed by atoms with Crippen molar-refractivity contribution in [3.63, 3.8) is 0 Å². The van der Waals surface area contributed by atoms with Crippen LogP contribution in [0.5, 0.6) is 5.75 Å². The minimum Gasteiger partial charge on any atom is -0.491 e. The van der Waals surface area contributed by atoms with Crippen molar-refractivity contribution in [3.05, 3.63) is 29.3 Å². The second kappa shape index (κ2) is 6.62. The van der Waals surface area contributed by atoms with E-state index < -0.39 is 6.10 Å². The molecule has 1 aromatic rings. The first kappa shape index (κ1) is 14.0. The van der Waals surface area contributed by atoms with Gasteiger partial charge in [-0.05, 0) is 31.0 Å². The van der Waals surface area contributed by atoms with Gasteiger partial charge in [0, 0.05) is 12.6 Å². The van der Waals surface area contributed by atoms with Crippen molar-refractivity contribution in [3.8, 4) is 5.75 Å². The number of ether oxygens (including phenoxy) is 1. The molecule has 3 nitrogen and oxygen atoms in total. The highest BCUT2D eigenvalue weighted by molar-refractivity contribution is 5.38. The third kappa shape index (κ3) is 4.75. The maximum Gasteiger partial charge on any atom is 0.122 e. The molecule has 0 aromatic heterocycles. The Balaban J connectivity index is 2.42. The Morgan fingerprint density at radius 1 is 1.29 bits per heavy atom. The highest BCUT2D eigenvalue weighted by atomic mass is 16.5. The van der Waals surface area contributed by atoms with E-state index in [2.05, 4.69) is 32.2 Å². The van der Waals surface area contributed by atoms with Gasteiger partial charge in [-0.3, -0.25) is 0 Å². The summed E-state index contributed by atoms with van der Waals surface area (Å²) in [6.07, 6.45) is -0.475. The fraction of sp³-hybridized carbons (Fsp3) is 0.571. The molecule has 0 saturated heterocycles. The molecule has 3 heteroatoms. The van der Waals surface area contributed by atoms with Crippen molar-refractivity contribution >= 4 is 0 Å². The maximum absolute atomic E-state index is 9.73. The lowest BCUT2D eigenvalue weighted by Crippen LogP contribution is -2.35. The van der Waals surface area contributed by atoms with Gasteiger partial charge >= 0.3 is 0 Å². The smallest absolute Gasteiger partial charge is 0.122 e. The van der Waals surface area contributed by atoms with Crippen LogP contribution in [0.2, 0.25) is 0 Å². The van der Waals surface area contributed by atoms with Crippen LogP contribution in [0.4, 0.5) is 0 Å². The molecule has 0 radical (unpaired) electrons. The van der Waals surface area contributed by atoms with Gasteiger partial charge in [0.25, 0.3) is 0 Å². The highest BCUT2D eigenvalue weighted by Crippen LogP contribution is 2.20. The molecular formula is C14H23NO2. The van der Waals surface area contributed by atoms with Gasteiger partial charge in [0.05, 0.1) is 0 Å². The van der Waals surface area contributed by atoms with E-state index >= 15 is 0 Å². The van der Waals surface area contributed by atoms with Crippen molar-refractivity contribution in [2.75, 3.05) is 13.2 Å². The fourth-order valence-corrected chi connectivity index (χ4v) is 1.50. The maximum atomic E-state index is 9.73. The Kier molecular flexibility index (Phi) is 5.45. The van der Waals surface area contributed by atoms with Crippen molar-refractivity contribution in [2.45, 2.75) is 39.8 Å². The van der Waals surface area contributed by atoms with Gasteiger partial charge in [-0.1, -0.05) is 26.0 Å². The molecule has 2 N–H and O–H groups in total. The third-order valence-corrected chi connectivity index (χ3v) is 2.75. The van der Waals surface area contributed by atoms with Gasteiger partial charge in [0.15, 0.2) is 0 Å². The molecule has 1 atom stereocenters. The van der Waals surface area contributed by atoms with E-state index in [0.29, 0.717) is 19.2 Å². The molecule has 17 heavy (non-hydrogen) atoms. The van der Waals surface area contributed by atoms with Gasteiger partial charge in [-0.25, -0.2) is 0 Å². The molecular weight excluding hydrogens is 214 g/mol. The summed E-state index contributed by atoms with van der Waals surface area (Å²) < 4.78 is 5.62. The van der Waals surface area contributed by atoms with Crippen LogP contribution in [0.15, 0.2) is 18.2 Å². The normalized spacial score (nSPS) is 12.8. The summed E-state index contributed by atoms with van der Waals surface area (Å²) in [5, 5.41) is 12.9. The number of aliphatic hydroxyl groups excluding tert-OH is 1. The van der Waals surface area contributed by atoms with Crippen LogP contribution in [0.25, 0.3) is 0 Å². The Labute approximate surface area is 104 Å². The Bertz CT molecular complexity index is 350. The van der Waals surface area contributed by atoms with Gasteiger partial charge in [-0.15, -0.1) is 0 Å². The summed E-state index contributed by atoms with van der Waals surface area (Å²) >= 11 is 0. The third-order valence-electron chi connectivity index (χ3n) is 2.75. The van der Waals surface area contributed by atoms with Gasteiger partial charge in [0.1, 0.15) is 18.5 Å². The van der Waals surface area contributed by atoms with E-state index in [0.717, 1.165) is 11.3 Å². The molecule has 1 rings (SSSR count). The molecule has 0 aliphatic heterocycles. The van der Waals surface area contributed by atoms with Crippen LogP contribution in [0.3, 0.4) is 0 Å². The molecule has 0 fully saturated rings. The van der Waals surface area contributed by atoms with Crippen LogP contribution in [0, 0.1) is 13.8 Å². The Hall–Kier alpha value is -1.06. The van der Waals surface area contributed by atoms with E-state index in [1.54, 1.807) is 0 Å². The summed E-state index contributed by atoms with van der Waals surface area (Å²) in [7, 11) is 0. The van der Waals surface area contributed by atoms with Gasteiger partial charge in [-0.2, -0.15) is 0 Å². The molecule has 0 unspecified atom stereocenters. The van der Waals surface area contributed by atoms with Crippen molar-refractivity contribution in [2.24, 2.45) is 0 Å². The monoisotopic (exact) mass is 237 g/mol. The summed E-state index contributed by atoms with van der Waals surface area (Å²) in [4.78, 5) is 0. The molecule has 96 valence electrons. The second-order valence-electron chi connectivity index (χ2n) is 4.73. The fourth-order valence-electron chi connectivity index (χ4n) is 1.50. The number of aryl methyl sites for hydroxylation is 1. The van der Waals surface area contributed by atoms with Crippen LogP contribution < -0.4 is 10.1 Å². The van der Waals surface area contributed by atoms with Gasteiger partial charge < -0.3 is 15.2 Å². The lowest BCUT2D eigenvalue weighted by molar-refractivity contribution is 0.104. The van der Waals surface area contributed by atoms with Crippen LogP contribution in [-0.4, -0.2) is 30.4 Å². The Morgan fingerprint density at radius 3 is 2.65 bits per heavy atom. The predicted molar refractivity (Wildman–Crippen MR) is 70.6 cm³/mol. The lowest BCUT2D eigenvalue weighted by Gasteiger charge is -2.16. The van der Waals surface area contributed by atoms with Crippen molar-refractivity contribution in [1.82, 2.24) is 5.32 Å². The number of nitrogens with one attached hydrogen (secondary N) is 1. The van der Waals surface area contributed by atoms with E-state index in [1.165, 1.54) is 5.56 Å². The summed E-state index contributed by atoms with van der Waals surface area (Å²) in [5.74, 6) is 0.855. The number of hydrogen-bond donors (Lipinski definition) is 2. The van der Waals surface area contributed by atoms with E-state index in [1.807, 2.05) is 19.1 Å². The minimum atomic E-state index is -0.475. The number of rotatable bonds is 6. The highest BCUT2D eigenvalue weighted by Gasteiger charge is 2.07. The molecule has 0 saturated carbocycles. The van der Waals surface area contributed by atoms with E-state index in [-0.39, 0.29) is 0 Å². The van der Waals surface area contributed by atoms with E-state index in [9.17, 15) is 5.11 Å². The first-order valence-corrected chi connectivity index (χ1v) is 6.11. The standard InChI is InChI=1S/C14H23NO2/c1-10(2)15-8-13(16)9-17-14-7-5-6-11(3)12(14)4/h5-7,10,13,15-16H,8-9H2,1-4H3/t13-/m0/s1. The topological polar surface area (TPSA) is 41.5 Å². The molecule has 1 aromatic carbocycles. The number of aliphatic hydroxyl groups is 1. The summed E-state index contributed by atoms with van der Waals surface area (Å²) in [5.41, 5.74) is 2.34. The molecule has 0 aliphatic carbocycles. The Morgan fingerprint density at radius 2 is 2.00 bits per heavy atom. The summed E-state index contributed by atoms with van der Waals surface area (Å²) in [6, 6.07) is 6.34. The van der Waals surface area contributed by atoms with Gasteiger partial charge in [0.2, 0.25) is 0 Å². The van der Waals surface area contributed by atoms with Crippen molar-refractivity contribution < 1.29 is 9.84 Å². The quantitative estimate of drug-likeness (QED) is 0.795. The SMILES string of the molecule is Cc1cccc(OC[C@@H](O)CNC(C)C)c1C. The number of benzene rings is 1. The average Bonchev–Trinajstić information content (AvgIpc) is 2.28. The zero-order chi connectivity index (χ0) is 12.8. The minimum absolute atomic E-state index is 0.323. The van der Waals surface area contributed by atoms with Crippen LogP contribution in [0.1, 0.15) is 25.0 Å². The van der Waals surface area contributed by atoms with Crippen LogP contribution in [-0.2, 0) is 0 Å². The molecule has 0 amide bonds. The second-order valence-corrected chi connectivity index (χ2v) is 4.73. The first-order valence-electron chi connectivity index (χ1n) is 6.11. The largest absolute Gasteiger partial charge is 0.491 e. The first-order chi connectivity index (χ1) is 8.00. The predicted octanol–water partition coefficient (Wildman–Crippen LogP) is 2.04. The summed E-state index contributed by atoms with van der Waals surface area (Å²) in [6.45, 7) is 9.07. The lowest BCUT2D eigenvalue weighted by atomic mass is 10.1. The zero-order valence-electron chi connectivity index (χ0n) is 11.2. The van der Waals surface area contributed by atoms with E-state index in [4.69, 9.17) is 4.74 Å². The number of hydrogen-bond acceptors (Lipinski definition) is 3. The molecule has 0 aliphatic rings.